The first-order chi connectivity index (χ1) is 10.8. The highest BCUT2D eigenvalue weighted by atomic mass is 16.3. The quantitative estimate of drug-likeness (QED) is 0.781. The van der Waals surface area contributed by atoms with Crippen LogP contribution in [-0.2, 0) is 11.2 Å². The number of rotatable bonds is 5. The molecule has 0 bridgehead atoms. The number of hydrogen-bond acceptors (Lipinski definition) is 3. The van der Waals surface area contributed by atoms with E-state index in [0.717, 1.165) is 18.4 Å². The first kappa shape index (κ1) is 17.8. The van der Waals surface area contributed by atoms with Gasteiger partial charge in [0.05, 0.1) is 0 Å². The molecule has 0 heterocycles. The Bertz CT molecular complexity index is 543. The number of amides is 1. The number of benzene rings is 1. The van der Waals surface area contributed by atoms with Gasteiger partial charge < -0.3 is 15.5 Å². The zero-order valence-corrected chi connectivity index (χ0v) is 14.4. The van der Waals surface area contributed by atoms with Crippen LogP contribution in [0.2, 0.25) is 0 Å². The molecule has 1 saturated carbocycles. The number of hydrogen-bond donors (Lipinski definition) is 3. The summed E-state index contributed by atoms with van der Waals surface area (Å²) in [6.45, 7) is 6.65. The Morgan fingerprint density at radius 1 is 1.35 bits per heavy atom. The predicted molar refractivity (Wildman–Crippen MR) is 91.1 cm³/mol. The number of aliphatic hydroxyl groups is 1. The molecule has 0 aliphatic heterocycles. The van der Waals surface area contributed by atoms with Gasteiger partial charge in [-0.2, -0.15) is 0 Å². The van der Waals surface area contributed by atoms with Gasteiger partial charge in [-0.15, -0.1) is 0 Å². The second-order valence-corrected chi connectivity index (χ2v) is 7.30. The summed E-state index contributed by atoms with van der Waals surface area (Å²) in [5.74, 6) is 0.615. The topological polar surface area (TPSA) is 69.6 Å². The second kappa shape index (κ2) is 7.35. The van der Waals surface area contributed by atoms with Crippen LogP contribution in [0.25, 0.3) is 0 Å². The minimum Gasteiger partial charge on any atom is -0.508 e. The highest BCUT2D eigenvalue weighted by molar-refractivity contribution is 5.85. The summed E-state index contributed by atoms with van der Waals surface area (Å²) in [5, 5.41) is 23.7. The molecule has 4 nitrogen and oxygen atoms in total. The summed E-state index contributed by atoms with van der Waals surface area (Å²) in [6, 6.07) is 7.12. The van der Waals surface area contributed by atoms with Crippen LogP contribution in [0, 0.1) is 17.8 Å². The van der Waals surface area contributed by atoms with Gasteiger partial charge in [-0.1, -0.05) is 45.4 Å². The summed E-state index contributed by atoms with van der Waals surface area (Å²) >= 11 is 0. The van der Waals surface area contributed by atoms with Gasteiger partial charge in [-0.05, 0) is 48.6 Å². The Morgan fingerprint density at radius 2 is 2.04 bits per heavy atom. The largest absolute Gasteiger partial charge is 0.508 e. The van der Waals surface area contributed by atoms with Gasteiger partial charge in [0.25, 0.3) is 5.91 Å². The molecule has 0 radical (unpaired) electrons. The summed E-state index contributed by atoms with van der Waals surface area (Å²) in [5.41, 5.74) is -0.470. The molecule has 2 unspecified atom stereocenters. The zero-order valence-electron chi connectivity index (χ0n) is 14.4. The van der Waals surface area contributed by atoms with Crippen molar-refractivity contribution in [3.63, 3.8) is 0 Å². The maximum Gasteiger partial charge on any atom is 0.252 e. The van der Waals surface area contributed by atoms with E-state index in [2.05, 4.69) is 26.1 Å². The molecule has 0 spiro atoms. The van der Waals surface area contributed by atoms with Crippen molar-refractivity contribution in [3.05, 3.63) is 29.8 Å². The van der Waals surface area contributed by atoms with Crippen LogP contribution in [0.4, 0.5) is 0 Å². The molecule has 4 heteroatoms. The third-order valence-electron chi connectivity index (χ3n) is 5.11. The Hall–Kier alpha value is -1.55. The number of aromatic hydroxyl groups is 1. The highest BCUT2D eigenvalue weighted by Crippen LogP contribution is 2.41. The summed E-state index contributed by atoms with van der Waals surface area (Å²) < 4.78 is 0. The number of nitrogens with one attached hydrogen (secondary N) is 1. The molecule has 0 aromatic heterocycles. The Morgan fingerprint density at radius 3 is 2.70 bits per heavy atom. The fraction of sp³-hybridized carbons (Fsp3) is 0.632. The van der Waals surface area contributed by atoms with Gasteiger partial charge in [0.1, 0.15) is 11.4 Å². The number of para-hydroxylation sites is 1. The van der Waals surface area contributed by atoms with E-state index in [9.17, 15) is 15.0 Å². The minimum absolute atomic E-state index is 0.00354. The van der Waals surface area contributed by atoms with Crippen LogP contribution in [0.3, 0.4) is 0 Å². The highest BCUT2D eigenvalue weighted by Gasteiger charge is 2.48. The average molecular weight is 319 g/mol. The fourth-order valence-electron chi connectivity index (χ4n) is 3.82. The van der Waals surface area contributed by atoms with Crippen molar-refractivity contribution in [2.45, 2.75) is 52.1 Å². The van der Waals surface area contributed by atoms with E-state index in [1.54, 1.807) is 12.1 Å². The molecular formula is C19H29NO3. The van der Waals surface area contributed by atoms with E-state index in [1.165, 1.54) is 0 Å². The van der Waals surface area contributed by atoms with Crippen LogP contribution in [0.5, 0.6) is 5.75 Å². The Balaban J connectivity index is 1.98. The molecule has 1 aliphatic carbocycles. The predicted octanol–water partition coefficient (Wildman–Crippen LogP) is 2.87. The van der Waals surface area contributed by atoms with Crippen LogP contribution in [0.15, 0.2) is 24.3 Å². The zero-order chi connectivity index (χ0) is 17.0. The number of phenolic OH excluding ortho intramolecular Hbond substituents is 1. The molecule has 1 fully saturated rings. The lowest BCUT2D eigenvalue weighted by atomic mass is 9.66. The number of phenols is 1. The SMILES string of the molecule is CC1CCC(C(C)C)[C@@](O)(C(=O)NCCc2ccccc2O)C1. The van der Waals surface area contributed by atoms with E-state index in [-0.39, 0.29) is 23.5 Å². The molecule has 1 amide bonds. The van der Waals surface area contributed by atoms with Gasteiger partial charge in [0.15, 0.2) is 0 Å². The van der Waals surface area contributed by atoms with Crippen molar-refractivity contribution in [2.75, 3.05) is 6.54 Å². The standard InChI is InChI=1S/C19H29NO3/c1-13(2)16-9-8-14(3)12-19(16,23)18(22)20-11-10-15-6-4-5-7-17(15)21/h4-7,13-14,16,21,23H,8-12H2,1-3H3,(H,20,22)/t14?,16?,19-/m1/s1. The summed E-state index contributed by atoms with van der Waals surface area (Å²) in [4.78, 5) is 12.6. The van der Waals surface area contributed by atoms with Gasteiger partial charge in [-0.25, -0.2) is 0 Å². The van der Waals surface area contributed by atoms with Gasteiger partial charge in [0.2, 0.25) is 0 Å². The second-order valence-electron chi connectivity index (χ2n) is 7.30. The lowest BCUT2D eigenvalue weighted by Gasteiger charge is -2.43. The summed E-state index contributed by atoms with van der Waals surface area (Å²) in [7, 11) is 0. The molecule has 0 saturated heterocycles. The van der Waals surface area contributed by atoms with Crippen molar-refractivity contribution in [1.82, 2.24) is 5.32 Å². The lowest BCUT2D eigenvalue weighted by Crippen LogP contribution is -2.56. The minimum atomic E-state index is -1.27. The van der Waals surface area contributed by atoms with E-state index >= 15 is 0 Å². The van der Waals surface area contributed by atoms with Gasteiger partial charge in [-0.3, -0.25) is 4.79 Å². The molecule has 3 N–H and O–H groups in total. The molecule has 23 heavy (non-hydrogen) atoms. The molecule has 128 valence electrons. The Labute approximate surface area is 138 Å². The van der Waals surface area contributed by atoms with Crippen LogP contribution in [-0.4, -0.2) is 28.3 Å². The maximum atomic E-state index is 12.6. The monoisotopic (exact) mass is 319 g/mol. The lowest BCUT2D eigenvalue weighted by molar-refractivity contribution is -0.155. The normalized spacial score (nSPS) is 27.9. The third kappa shape index (κ3) is 4.05. The molecule has 1 aromatic carbocycles. The first-order valence-electron chi connectivity index (χ1n) is 8.62. The van der Waals surface area contributed by atoms with E-state index in [0.29, 0.717) is 25.3 Å². The third-order valence-corrected chi connectivity index (χ3v) is 5.11. The van der Waals surface area contributed by atoms with Crippen molar-refractivity contribution in [3.8, 4) is 5.75 Å². The van der Waals surface area contributed by atoms with Crippen LogP contribution >= 0.6 is 0 Å². The van der Waals surface area contributed by atoms with Gasteiger partial charge >= 0.3 is 0 Å². The van der Waals surface area contributed by atoms with E-state index in [1.807, 2.05) is 12.1 Å². The molecule has 1 aromatic rings. The Kier molecular flexibility index (Phi) is 5.69. The maximum absolute atomic E-state index is 12.6. The smallest absolute Gasteiger partial charge is 0.252 e. The molecular weight excluding hydrogens is 290 g/mol. The average Bonchev–Trinajstić information content (AvgIpc) is 2.48. The molecule has 3 atom stereocenters. The van der Waals surface area contributed by atoms with Crippen LogP contribution < -0.4 is 5.32 Å². The number of carbonyl (C=O) groups excluding carboxylic acids is 1. The number of carbonyl (C=O) groups is 1. The van der Waals surface area contributed by atoms with Crippen molar-refractivity contribution >= 4 is 5.91 Å². The van der Waals surface area contributed by atoms with Crippen molar-refractivity contribution in [1.29, 1.82) is 0 Å². The van der Waals surface area contributed by atoms with Gasteiger partial charge in [0, 0.05) is 6.54 Å². The van der Waals surface area contributed by atoms with E-state index < -0.39 is 5.60 Å². The van der Waals surface area contributed by atoms with E-state index in [4.69, 9.17) is 0 Å². The summed E-state index contributed by atoms with van der Waals surface area (Å²) in [6.07, 6.45) is 3.03. The van der Waals surface area contributed by atoms with Crippen LogP contribution in [0.1, 0.15) is 45.6 Å². The van der Waals surface area contributed by atoms with Crippen molar-refractivity contribution in [2.24, 2.45) is 17.8 Å². The molecule has 2 rings (SSSR count). The first-order valence-corrected chi connectivity index (χ1v) is 8.62. The fourth-order valence-corrected chi connectivity index (χ4v) is 3.82. The van der Waals surface area contributed by atoms with Crippen molar-refractivity contribution < 1.29 is 15.0 Å². The molecule has 1 aliphatic rings.